The fourth-order valence-corrected chi connectivity index (χ4v) is 2.68. The Bertz CT molecular complexity index is 1070. The van der Waals surface area contributed by atoms with Crippen LogP contribution in [0.15, 0.2) is 48.7 Å². The van der Waals surface area contributed by atoms with Crippen molar-refractivity contribution in [2.75, 3.05) is 5.32 Å². The van der Waals surface area contributed by atoms with Gasteiger partial charge in [0.1, 0.15) is 5.82 Å². The molecule has 0 saturated heterocycles. The van der Waals surface area contributed by atoms with Crippen molar-refractivity contribution in [2.24, 2.45) is 0 Å². The molecule has 2 aromatic heterocycles. The quantitative estimate of drug-likeness (QED) is 0.519. The SMILES string of the molecule is O=C(Nc1nc2ccc(Cl)cc2[nH]1)c1cn[nH]c1-c1ccc(F)cc1. The third-order valence-corrected chi connectivity index (χ3v) is 3.93. The molecule has 25 heavy (non-hydrogen) atoms. The van der Waals surface area contributed by atoms with Gasteiger partial charge in [-0.2, -0.15) is 5.10 Å². The molecule has 124 valence electrons. The van der Waals surface area contributed by atoms with Crippen LogP contribution in [0.3, 0.4) is 0 Å². The fourth-order valence-electron chi connectivity index (χ4n) is 2.51. The highest BCUT2D eigenvalue weighted by Gasteiger charge is 2.17. The van der Waals surface area contributed by atoms with Gasteiger partial charge in [0, 0.05) is 10.6 Å². The molecule has 0 atom stereocenters. The van der Waals surface area contributed by atoms with Crippen molar-refractivity contribution in [1.29, 1.82) is 0 Å². The van der Waals surface area contributed by atoms with Crippen molar-refractivity contribution in [3.8, 4) is 11.3 Å². The van der Waals surface area contributed by atoms with Crippen molar-refractivity contribution in [3.63, 3.8) is 0 Å². The molecule has 0 radical (unpaired) electrons. The van der Waals surface area contributed by atoms with E-state index in [1.165, 1.54) is 18.3 Å². The van der Waals surface area contributed by atoms with Gasteiger partial charge in [0.2, 0.25) is 5.95 Å². The number of aromatic nitrogens is 4. The lowest BCUT2D eigenvalue weighted by Crippen LogP contribution is -2.13. The number of benzene rings is 2. The smallest absolute Gasteiger partial charge is 0.261 e. The molecule has 0 spiro atoms. The molecule has 4 aromatic rings. The van der Waals surface area contributed by atoms with Crippen LogP contribution in [0.1, 0.15) is 10.4 Å². The predicted molar refractivity (Wildman–Crippen MR) is 93.0 cm³/mol. The first-order chi connectivity index (χ1) is 12.1. The molecular weight excluding hydrogens is 345 g/mol. The van der Waals surface area contributed by atoms with Gasteiger partial charge in [0.15, 0.2) is 0 Å². The minimum Gasteiger partial charge on any atom is -0.324 e. The number of carbonyl (C=O) groups excluding carboxylic acids is 1. The second-order valence-corrected chi connectivity index (χ2v) is 5.80. The first-order valence-corrected chi connectivity index (χ1v) is 7.74. The Labute approximate surface area is 146 Å². The summed E-state index contributed by atoms with van der Waals surface area (Å²) >= 11 is 5.94. The Kier molecular flexibility index (Phi) is 3.70. The predicted octanol–water partition coefficient (Wildman–Crippen LogP) is 4.00. The van der Waals surface area contributed by atoms with Gasteiger partial charge in [-0.05, 0) is 42.5 Å². The lowest BCUT2D eigenvalue weighted by atomic mass is 10.1. The number of carbonyl (C=O) groups is 1. The van der Waals surface area contributed by atoms with E-state index in [9.17, 15) is 9.18 Å². The molecule has 0 fully saturated rings. The molecule has 3 N–H and O–H groups in total. The third-order valence-electron chi connectivity index (χ3n) is 3.69. The molecule has 4 rings (SSSR count). The Morgan fingerprint density at radius 1 is 1.16 bits per heavy atom. The molecule has 0 unspecified atom stereocenters. The van der Waals surface area contributed by atoms with E-state index in [0.29, 0.717) is 38.8 Å². The molecule has 6 nitrogen and oxygen atoms in total. The van der Waals surface area contributed by atoms with Crippen LogP contribution in [0.2, 0.25) is 5.02 Å². The number of rotatable bonds is 3. The van der Waals surface area contributed by atoms with Gasteiger partial charge in [-0.15, -0.1) is 0 Å². The maximum Gasteiger partial charge on any atom is 0.261 e. The van der Waals surface area contributed by atoms with Crippen LogP contribution in [-0.4, -0.2) is 26.1 Å². The number of nitrogens with zero attached hydrogens (tertiary/aromatic N) is 2. The van der Waals surface area contributed by atoms with E-state index in [-0.39, 0.29) is 5.82 Å². The maximum absolute atomic E-state index is 13.1. The molecule has 0 aliphatic heterocycles. The highest BCUT2D eigenvalue weighted by Crippen LogP contribution is 2.23. The minimum atomic E-state index is -0.391. The van der Waals surface area contributed by atoms with Crippen LogP contribution < -0.4 is 5.32 Å². The second kappa shape index (κ2) is 6.03. The molecule has 0 aliphatic rings. The van der Waals surface area contributed by atoms with Crippen LogP contribution in [0.25, 0.3) is 22.3 Å². The third kappa shape index (κ3) is 2.97. The van der Waals surface area contributed by atoms with Gasteiger partial charge >= 0.3 is 0 Å². The number of anilines is 1. The average molecular weight is 356 g/mol. The van der Waals surface area contributed by atoms with Gasteiger partial charge in [0.25, 0.3) is 5.91 Å². The van der Waals surface area contributed by atoms with Crippen LogP contribution in [0.4, 0.5) is 10.3 Å². The monoisotopic (exact) mass is 355 g/mol. The molecule has 0 saturated carbocycles. The lowest BCUT2D eigenvalue weighted by Gasteiger charge is -2.03. The summed E-state index contributed by atoms with van der Waals surface area (Å²) in [5, 5.41) is 9.93. The van der Waals surface area contributed by atoms with Crippen molar-refractivity contribution in [1.82, 2.24) is 20.2 Å². The number of H-pyrrole nitrogens is 2. The number of hydrogen-bond acceptors (Lipinski definition) is 3. The molecular formula is C17H11ClFN5O. The molecule has 8 heteroatoms. The zero-order valence-electron chi connectivity index (χ0n) is 12.7. The van der Waals surface area contributed by atoms with E-state index in [4.69, 9.17) is 11.6 Å². The summed E-state index contributed by atoms with van der Waals surface area (Å²) in [6, 6.07) is 11.0. The largest absolute Gasteiger partial charge is 0.324 e. The fraction of sp³-hybridized carbons (Fsp3) is 0. The average Bonchev–Trinajstić information content (AvgIpc) is 3.21. The summed E-state index contributed by atoms with van der Waals surface area (Å²) in [6.07, 6.45) is 1.41. The normalized spacial score (nSPS) is 11.0. The number of fused-ring (bicyclic) bond motifs is 1. The molecule has 2 aromatic carbocycles. The number of amides is 1. The lowest BCUT2D eigenvalue weighted by molar-refractivity contribution is 0.102. The highest BCUT2D eigenvalue weighted by atomic mass is 35.5. The summed E-state index contributed by atoms with van der Waals surface area (Å²) in [5.41, 5.74) is 2.88. The zero-order valence-corrected chi connectivity index (χ0v) is 13.4. The van der Waals surface area contributed by atoms with Crippen molar-refractivity contribution in [3.05, 3.63) is 65.1 Å². The molecule has 1 amide bonds. The van der Waals surface area contributed by atoms with E-state index < -0.39 is 5.91 Å². The zero-order chi connectivity index (χ0) is 17.4. The van der Waals surface area contributed by atoms with Crippen molar-refractivity contribution >= 4 is 34.5 Å². The van der Waals surface area contributed by atoms with E-state index >= 15 is 0 Å². The number of nitrogens with one attached hydrogen (secondary N) is 3. The summed E-state index contributed by atoms with van der Waals surface area (Å²) < 4.78 is 13.1. The highest BCUT2D eigenvalue weighted by molar-refractivity contribution is 6.31. The van der Waals surface area contributed by atoms with Crippen molar-refractivity contribution < 1.29 is 9.18 Å². The summed E-state index contributed by atoms with van der Waals surface area (Å²) in [5.74, 6) is -0.443. The standard InChI is InChI=1S/C17H11ClFN5O/c18-10-3-6-13-14(7-10)22-17(21-13)23-16(25)12-8-20-24-15(12)9-1-4-11(19)5-2-9/h1-8H,(H,20,24)(H2,21,22,23,25). The van der Waals surface area contributed by atoms with E-state index in [0.717, 1.165) is 0 Å². The molecule has 0 aliphatic carbocycles. The minimum absolute atomic E-state index is 0.300. The van der Waals surface area contributed by atoms with Crippen molar-refractivity contribution in [2.45, 2.75) is 0 Å². The Balaban J connectivity index is 1.63. The van der Waals surface area contributed by atoms with E-state index in [2.05, 4.69) is 25.5 Å². The van der Waals surface area contributed by atoms with Crippen LogP contribution in [0.5, 0.6) is 0 Å². The molecule has 0 bridgehead atoms. The number of imidazole rings is 1. The Morgan fingerprint density at radius 3 is 2.76 bits per heavy atom. The summed E-state index contributed by atoms with van der Waals surface area (Å²) in [6.45, 7) is 0. The topological polar surface area (TPSA) is 86.5 Å². The van der Waals surface area contributed by atoms with Gasteiger partial charge in [-0.1, -0.05) is 11.6 Å². The van der Waals surface area contributed by atoms with Crippen LogP contribution in [-0.2, 0) is 0 Å². The molecule has 2 heterocycles. The van der Waals surface area contributed by atoms with Gasteiger partial charge in [0.05, 0.1) is 28.5 Å². The van der Waals surface area contributed by atoms with Crippen LogP contribution in [0, 0.1) is 5.82 Å². The number of aromatic amines is 2. The van der Waals surface area contributed by atoms with Gasteiger partial charge in [-0.25, -0.2) is 9.37 Å². The number of halogens is 2. The van der Waals surface area contributed by atoms with Gasteiger partial charge in [-0.3, -0.25) is 15.2 Å². The maximum atomic E-state index is 13.1. The van der Waals surface area contributed by atoms with E-state index in [1.807, 2.05) is 0 Å². The second-order valence-electron chi connectivity index (χ2n) is 5.37. The Morgan fingerprint density at radius 2 is 1.96 bits per heavy atom. The first-order valence-electron chi connectivity index (χ1n) is 7.36. The summed E-state index contributed by atoms with van der Waals surface area (Å²) in [7, 11) is 0. The van der Waals surface area contributed by atoms with E-state index in [1.54, 1.807) is 30.3 Å². The number of hydrogen-bond donors (Lipinski definition) is 3. The first kappa shape index (κ1) is 15.3. The van der Waals surface area contributed by atoms with Crippen LogP contribution >= 0.6 is 11.6 Å². The summed E-state index contributed by atoms with van der Waals surface area (Å²) in [4.78, 5) is 19.8. The van der Waals surface area contributed by atoms with Gasteiger partial charge < -0.3 is 4.98 Å². The Hall–Kier alpha value is -3.19.